The van der Waals surface area contributed by atoms with Crippen molar-refractivity contribution in [3.05, 3.63) is 57.3 Å². The smallest absolute Gasteiger partial charge is 0.336 e. The maximum absolute atomic E-state index is 13.8. The average Bonchev–Trinajstić information content (AvgIpc) is 2.53. The van der Waals surface area contributed by atoms with Crippen molar-refractivity contribution in [3.63, 3.8) is 0 Å². The quantitative estimate of drug-likeness (QED) is 0.575. The van der Waals surface area contributed by atoms with Crippen LogP contribution in [0.1, 0.15) is 30.9 Å². The summed E-state index contributed by atoms with van der Waals surface area (Å²) in [5.41, 5.74) is 8.15. The van der Waals surface area contributed by atoms with E-state index in [1.807, 2.05) is 0 Å². The number of carbonyl (C=O) groups is 1. The molecule has 0 amide bonds. The van der Waals surface area contributed by atoms with Gasteiger partial charge in [-0.3, -0.25) is 0 Å². The average molecular weight is 360 g/mol. The number of ether oxygens (including phenoxy) is 1. The van der Waals surface area contributed by atoms with E-state index in [4.69, 9.17) is 22.7 Å². The summed E-state index contributed by atoms with van der Waals surface area (Å²) in [6.45, 7) is 3.69. The van der Waals surface area contributed by atoms with Crippen LogP contribution in [0.3, 0.4) is 0 Å². The number of esters is 1. The van der Waals surface area contributed by atoms with E-state index in [1.165, 1.54) is 12.1 Å². The van der Waals surface area contributed by atoms with Crippen LogP contribution in [0.15, 0.2) is 35.5 Å². The molecule has 0 spiro atoms. The Morgan fingerprint density at radius 1 is 1.48 bits per heavy atom. The van der Waals surface area contributed by atoms with Gasteiger partial charge in [0.15, 0.2) is 4.77 Å². The molecule has 1 unspecified atom stereocenters. The first kappa shape index (κ1) is 17.1. The van der Waals surface area contributed by atoms with Gasteiger partial charge in [-0.05, 0) is 43.8 Å². The van der Waals surface area contributed by atoms with Crippen molar-refractivity contribution in [3.8, 4) is 0 Å². The second-order valence-electron chi connectivity index (χ2n) is 5.59. The number of nitrogen functional groups attached to an aromatic ring is 1. The Labute approximate surface area is 148 Å². The Kier molecular flexibility index (Phi) is 4.54. The number of rotatable bonds is 3. The van der Waals surface area contributed by atoms with E-state index in [9.17, 15) is 9.18 Å². The lowest BCUT2D eigenvalue weighted by molar-refractivity contribution is -0.138. The summed E-state index contributed by atoms with van der Waals surface area (Å²) in [5, 5.41) is 3.05. The van der Waals surface area contributed by atoms with Crippen molar-refractivity contribution in [2.24, 2.45) is 0 Å². The number of nitrogens with two attached hydrogens (primary N) is 1. The van der Waals surface area contributed by atoms with Crippen LogP contribution in [0.25, 0.3) is 0 Å². The van der Waals surface area contributed by atoms with Gasteiger partial charge in [0.05, 0.1) is 18.1 Å². The van der Waals surface area contributed by atoms with Gasteiger partial charge in [-0.2, -0.15) is 0 Å². The van der Waals surface area contributed by atoms with E-state index in [0.29, 0.717) is 28.2 Å². The fourth-order valence-electron chi connectivity index (χ4n) is 2.99. The van der Waals surface area contributed by atoms with Crippen LogP contribution in [0, 0.1) is 10.6 Å². The zero-order chi connectivity index (χ0) is 18.1. The third-order valence-electron chi connectivity index (χ3n) is 3.96. The summed E-state index contributed by atoms with van der Waals surface area (Å²) in [6.07, 6.45) is 0. The van der Waals surface area contributed by atoms with Crippen molar-refractivity contribution < 1.29 is 13.9 Å². The molecule has 3 rings (SSSR count). The molecule has 1 aliphatic heterocycles. The number of carbonyl (C=O) groups excluding carboxylic acids is 1. The van der Waals surface area contributed by atoms with E-state index >= 15 is 0 Å². The van der Waals surface area contributed by atoms with E-state index in [1.54, 1.807) is 26.0 Å². The largest absolute Gasteiger partial charge is 0.463 e. The van der Waals surface area contributed by atoms with Gasteiger partial charge in [-0.25, -0.2) is 14.2 Å². The maximum Gasteiger partial charge on any atom is 0.336 e. The van der Waals surface area contributed by atoms with Crippen LogP contribution < -0.4 is 11.1 Å². The summed E-state index contributed by atoms with van der Waals surface area (Å²) in [5.74, 6) is -0.805. The first-order chi connectivity index (χ1) is 11.9. The molecule has 8 heteroatoms. The summed E-state index contributed by atoms with van der Waals surface area (Å²) in [4.78, 5) is 19.6. The monoisotopic (exact) mass is 360 g/mol. The number of aromatic amines is 1. The molecule has 1 aromatic carbocycles. The fourth-order valence-corrected chi connectivity index (χ4v) is 3.19. The van der Waals surface area contributed by atoms with Crippen LogP contribution in [-0.4, -0.2) is 22.5 Å². The van der Waals surface area contributed by atoms with Crippen LogP contribution in [0.2, 0.25) is 0 Å². The lowest BCUT2D eigenvalue weighted by Gasteiger charge is -2.30. The third-order valence-corrected chi connectivity index (χ3v) is 4.16. The molecule has 25 heavy (non-hydrogen) atoms. The molecule has 6 nitrogen and oxygen atoms in total. The minimum Gasteiger partial charge on any atom is -0.463 e. The van der Waals surface area contributed by atoms with Gasteiger partial charge in [0.25, 0.3) is 0 Å². The Bertz CT molecular complexity index is 938. The van der Waals surface area contributed by atoms with Crippen LogP contribution >= 0.6 is 12.2 Å². The summed E-state index contributed by atoms with van der Waals surface area (Å²) in [6, 6.07) is 6.02. The maximum atomic E-state index is 13.8. The van der Waals surface area contributed by atoms with Crippen LogP contribution in [0.5, 0.6) is 0 Å². The number of nitrogens with zero attached hydrogens (tertiary/aromatic N) is 1. The van der Waals surface area contributed by atoms with E-state index in [2.05, 4.69) is 15.3 Å². The molecule has 0 saturated heterocycles. The number of nitrogens with one attached hydrogen (secondary N) is 2. The van der Waals surface area contributed by atoms with Crippen molar-refractivity contribution >= 4 is 29.8 Å². The highest BCUT2D eigenvalue weighted by molar-refractivity contribution is 7.71. The first-order valence-electron chi connectivity index (χ1n) is 7.72. The zero-order valence-corrected chi connectivity index (χ0v) is 14.5. The number of allylic oxidation sites excluding steroid dienone is 1. The molecule has 2 aromatic rings. The van der Waals surface area contributed by atoms with Crippen molar-refractivity contribution in [2.75, 3.05) is 17.7 Å². The Morgan fingerprint density at radius 2 is 2.24 bits per heavy atom. The predicted molar refractivity (Wildman–Crippen MR) is 95.0 cm³/mol. The molecule has 0 aliphatic carbocycles. The number of anilines is 2. The number of hydrogen-bond donors (Lipinski definition) is 3. The van der Waals surface area contributed by atoms with Crippen molar-refractivity contribution in [1.82, 2.24) is 9.97 Å². The van der Waals surface area contributed by atoms with Gasteiger partial charge < -0.3 is 20.8 Å². The molecule has 130 valence electrons. The molecule has 0 saturated carbocycles. The topological polar surface area (TPSA) is 93.0 Å². The molecule has 0 bridgehead atoms. The van der Waals surface area contributed by atoms with Crippen molar-refractivity contribution in [2.45, 2.75) is 19.8 Å². The van der Waals surface area contributed by atoms with Crippen LogP contribution in [0.4, 0.5) is 16.0 Å². The summed E-state index contributed by atoms with van der Waals surface area (Å²) in [7, 11) is 0. The number of hydrogen-bond acceptors (Lipinski definition) is 6. The lowest BCUT2D eigenvalue weighted by Crippen LogP contribution is -2.26. The highest BCUT2D eigenvalue weighted by atomic mass is 32.1. The van der Waals surface area contributed by atoms with Crippen molar-refractivity contribution in [1.29, 1.82) is 0 Å². The van der Waals surface area contributed by atoms with Gasteiger partial charge >= 0.3 is 5.97 Å². The first-order valence-corrected chi connectivity index (χ1v) is 8.13. The van der Waals surface area contributed by atoms with Gasteiger partial charge in [-0.15, -0.1) is 0 Å². The molecule has 4 N–H and O–H groups in total. The van der Waals surface area contributed by atoms with E-state index in [-0.39, 0.29) is 17.2 Å². The third kappa shape index (κ3) is 3.12. The standard InChI is InChI=1S/C17H17FN4O2S/c1-3-24-16(23)11-8(2)20-15-13(14(19)21-17(25)22-15)12(11)9-5-4-6-10(18)7-9/h4-7,12H,3H2,1-2H3,(H4,19,20,21,22,25). The minimum absolute atomic E-state index is 0.217. The predicted octanol–water partition coefficient (Wildman–Crippen LogP) is 3.25. The molecule has 1 aromatic heterocycles. The molecular formula is C17H17FN4O2S. The molecule has 1 aliphatic rings. The van der Waals surface area contributed by atoms with E-state index < -0.39 is 17.7 Å². The molecular weight excluding hydrogens is 343 g/mol. The molecule has 0 fully saturated rings. The number of H-pyrrole nitrogens is 1. The molecule has 0 radical (unpaired) electrons. The highest BCUT2D eigenvalue weighted by Gasteiger charge is 2.35. The fraction of sp³-hybridized carbons (Fsp3) is 0.235. The summed E-state index contributed by atoms with van der Waals surface area (Å²) < 4.78 is 19.2. The van der Waals surface area contributed by atoms with Gasteiger partial charge in [-0.1, -0.05) is 12.1 Å². The Balaban J connectivity index is 2.28. The van der Waals surface area contributed by atoms with Gasteiger partial charge in [0.1, 0.15) is 17.5 Å². The van der Waals surface area contributed by atoms with Gasteiger partial charge in [0.2, 0.25) is 0 Å². The lowest BCUT2D eigenvalue weighted by atomic mass is 9.82. The van der Waals surface area contributed by atoms with Crippen LogP contribution in [-0.2, 0) is 9.53 Å². The number of benzene rings is 1. The highest BCUT2D eigenvalue weighted by Crippen LogP contribution is 2.43. The summed E-state index contributed by atoms with van der Waals surface area (Å²) >= 11 is 5.07. The number of fused-ring (bicyclic) bond motifs is 1. The number of aromatic nitrogens is 2. The van der Waals surface area contributed by atoms with Gasteiger partial charge in [0, 0.05) is 11.3 Å². The minimum atomic E-state index is -0.620. The Hall–Kier alpha value is -2.74. The van der Waals surface area contributed by atoms with E-state index in [0.717, 1.165) is 0 Å². The number of halogens is 1. The zero-order valence-electron chi connectivity index (χ0n) is 13.7. The second kappa shape index (κ2) is 6.64. The second-order valence-corrected chi connectivity index (χ2v) is 5.98. The SMILES string of the molecule is CCOC(=O)C1=C(C)Nc2nc(=S)[nH]c(N)c2C1c1cccc(F)c1. The normalized spacial score (nSPS) is 16.2. The Morgan fingerprint density at radius 3 is 2.92 bits per heavy atom. The molecule has 2 heterocycles. The molecule has 1 atom stereocenters.